The molecule has 0 atom stereocenters. The Labute approximate surface area is 119 Å². The number of hydrogen-bond acceptors (Lipinski definition) is 3. The lowest BCUT2D eigenvalue weighted by molar-refractivity contribution is -0.131. The van der Waals surface area contributed by atoms with E-state index in [1.165, 1.54) is 29.5 Å². The van der Waals surface area contributed by atoms with Crippen molar-refractivity contribution < 1.29 is 19.0 Å². The van der Waals surface area contributed by atoms with Crippen LogP contribution in [0.2, 0.25) is 0 Å². The van der Waals surface area contributed by atoms with E-state index in [-0.39, 0.29) is 5.82 Å². The summed E-state index contributed by atoms with van der Waals surface area (Å²) in [6, 6.07) is 6.26. The molecule has 0 unspecified atom stereocenters. The molecular formula is C15H13FO3S. The molecule has 0 saturated heterocycles. The second kappa shape index (κ2) is 6.34. The van der Waals surface area contributed by atoms with Crippen molar-refractivity contribution in [1.82, 2.24) is 0 Å². The average molecular weight is 292 g/mol. The van der Waals surface area contributed by atoms with Crippen LogP contribution in [0.4, 0.5) is 4.39 Å². The van der Waals surface area contributed by atoms with Gasteiger partial charge in [0, 0.05) is 17.0 Å². The minimum Gasteiger partial charge on any atom is -0.488 e. The third-order valence-corrected chi connectivity index (χ3v) is 3.54. The zero-order valence-electron chi connectivity index (χ0n) is 10.8. The first-order chi connectivity index (χ1) is 9.54. The van der Waals surface area contributed by atoms with E-state index in [9.17, 15) is 9.18 Å². The molecule has 0 aliphatic rings. The standard InChI is InChI=1S/C15H13FO3S/c1-10-2-4-12(16)7-14(10)19-8-13-6-11(9-20-13)3-5-15(17)18/h2-7,9H,8H2,1H3,(H,17,18)/b5-3+. The van der Waals surface area contributed by atoms with Gasteiger partial charge in [-0.1, -0.05) is 6.07 Å². The van der Waals surface area contributed by atoms with E-state index in [2.05, 4.69) is 0 Å². The van der Waals surface area contributed by atoms with Gasteiger partial charge in [0.25, 0.3) is 0 Å². The van der Waals surface area contributed by atoms with Crippen LogP contribution in [0.5, 0.6) is 5.75 Å². The van der Waals surface area contributed by atoms with Gasteiger partial charge in [-0.05, 0) is 41.6 Å². The van der Waals surface area contributed by atoms with Crippen LogP contribution in [-0.2, 0) is 11.4 Å². The number of ether oxygens (including phenoxy) is 1. The van der Waals surface area contributed by atoms with E-state index in [0.29, 0.717) is 12.4 Å². The molecule has 0 amide bonds. The Bertz CT molecular complexity index is 646. The summed E-state index contributed by atoms with van der Waals surface area (Å²) >= 11 is 1.47. The van der Waals surface area contributed by atoms with E-state index >= 15 is 0 Å². The van der Waals surface area contributed by atoms with Gasteiger partial charge in [-0.15, -0.1) is 11.3 Å². The quantitative estimate of drug-likeness (QED) is 0.851. The molecule has 0 aliphatic carbocycles. The second-order valence-corrected chi connectivity index (χ2v) is 5.21. The van der Waals surface area contributed by atoms with Crippen LogP contribution in [0.15, 0.2) is 35.7 Å². The lowest BCUT2D eigenvalue weighted by atomic mass is 10.2. The molecular weight excluding hydrogens is 279 g/mol. The molecule has 1 aromatic carbocycles. The van der Waals surface area contributed by atoms with Crippen molar-refractivity contribution in [2.45, 2.75) is 13.5 Å². The van der Waals surface area contributed by atoms with Crippen molar-refractivity contribution in [2.24, 2.45) is 0 Å². The fourth-order valence-electron chi connectivity index (χ4n) is 1.61. The summed E-state index contributed by atoms with van der Waals surface area (Å²) in [7, 11) is 0. The first-order valence-electron chi connectivity index (χ1n) is 5.92. The first-order valence-corrected chi connectivity index (χ1v) is 6.80. The Kier molecular flexibility index (Phi) is 4.53. The number of carboxylic acid groups (broad SMARTS) is 1. The Morgan fingerprint density at radius 3 is 3.00 bits per heavy atom. The predicted molar refractivity (Wildman–Crippen MR) is 76.5 cm³/mol. The topological polar surface area (TPSA) is 46.5 Å². The number of benzene rings is 1. The van der Waals surface area contributed by atoms with Gasteiger partial charge in [-0.25, -0.2) is 9.18 Å². The summed E-state index contributed by atoms with van der Waals surface area (Å²) < 4.78 is 18.7. The van der Waals surface area contributed by atoms with Gasteiger partial charge in [0.05, 0.1) is 0 Å². The average Bonchev–Trinajstić information content (AvgIpc) is 2.85. The molecule has 0 bridgehead atoms. The minimum atomic E-state index is -0.982. The number of carbonyl (C=O) groups is 1. The number of carboxylic acids is 1. The van der Waals surface area contributed by atoms with Crippen LogP contribution in [0.25, 0.3) is 6.08 Å². The highest BCUT2D eigenvalue weighted by Gasteiger charge is 2.04. The highest BCUT2D eigenvalue weighted by atomic mass is 32.1. The first kappa shape index (κ1) is 14.3. The van der Waals surface area contributed by atoms with Gasteiger partial charge in [0.1, 0.15) is 18.2 Å². The fourth-order valence-corrected chi connectivity index (χ4v) is 2.37. The number of halogens is 1. The predicted octanol–water partition coefficient (Wildman–Crippen LogP) is 3.87. The lowest BCUT2D eigenvalue weighted by Gasteiger charge is -2.07. The zero-order chi connectivity index (χ0) is 14.5. The summed E-state index contributed by atoms with van der Waals surface area (Å²) in [4.78, 5) is 11.4. The Morgan fingerprint density at radius 2 is 2.25 bits per heavy atom. The van der Waals surface area contributed by atoms with E-state index in [1.54, 1.807) is 6.07 Å². The molecule has 0 aliphatic heterocycles. The third-order valence-electron chi connectivity index (χ3n) is 2.61. The van der Waals surface area contributed by atoms with Crippen LogP contribution in [0, 0.1) is 12.7 Å². The minimum absolute atomic E-state index is 0.329. The third kappa shape index (κ3) is 3.93. The van der Waals surface area contributed by atoms with Gasteiger partial charge in [0.15, 0.2) is 0 Å². The van der Waals surface area contributed by atoms with Crippen LogP contribution in [0.1, 0.15) is 16.0 Å². The van der Waals surface area contributed by atoms with E-state index in [0.717, 1.165) is 22.1 Å². The van der Waals surface area contributed by atoms with Gasteiger partial charge >= 0.3 is 5.97 Å². The normalized spacial score (nSPS) is 10.9. The second-order valence-electron chi connectivity index (χ2n) is 4.22. The largest absolute Gasteiger partial charge is 0.488 e. The molecule has 0 fully saturated rings. The molecule has 2 aromatic rings. The summed E-state index contributed by atoms with van der Waals surface area (Å²) in [5, 5.41) is 10.4. The number of aliphatic carboxylic acids is 1. The highest BCUT2D eigenvalue weighted by molar-refractivity contribution is 7.10. The smallest absolute Gasteiger partial charge is 0.328 e. The Hall–Kier alpha value is -2.14. The number of aryl methyl sites for hydroxylation is 1. The van der Waals surface area contributed by atoms with Gasteiger partial charge in [0.2, 0.25) is 0 Å². The van der Waals surface area contributed by atoms with Crippen molar-refractivity contribution in [3.8, 4) is 5.75 Å². The molecule has 0 radical (unpaired) electrons. The summed E-state index contributed by atoms with van der Waals surface area (Å²) in [5.41, 5.74) is 1.68. The number of hydrogen-bond donors (Lipinski definition) is 1. The molecule has 1 aromatic heterocycles. The Morgan fingerprint density at radius 1 is 1.45 bits per heavy atom. The highest BCUT2D eigenvalue weighted by Crippen LogP contribution is 2.22. The molecule has 0 saturated carbocycles. The Balaban J connectivity index is 2.01. The number of thiophene rings is 1. The summed E-state index contributed by atoms with van der Waals surface area (Å²) in [6.07, 6.45) is 2.61. The van der Waals surface area contributed by atoms with E-state index in [4.69, 9.17) is 9.84 Å². The molecule has 2 rings (SSSR count). The number of rotatable bonds is 5. The lowest BCUT2D eigenvalue weighted by Crippen LogP contribution is -1.95. The zero-order valence-corrected chi connectivity index (χ0v) is 11.6. The maximum Gasteiger partial charge on any atom is 0.328 e. The van der Waals surface area contributed by atoms with E-state index in [1.807, 2.05) is 18.4 Å². The van der Waals surface area contributed by atoms with Crippen LogP contribution >= 0.6 is 11.3 Å². The van der Waals surface area contributed by atoms with Crippen molar-refractivity contribution in [1.29, 1.82) is 0 Å². The molecule has 0 spiro atoms. The summed E-state index contributed by atoms with van der Waals surface area (Å²) in [6.45, 7) is 2.18. The van der Waals surface area contributed by atoms with Crippen molar-refractivity contribution in [3.63, 3.8) is 0 Å². The molecule has 1 heterocycles. The van der Waals surface area contributed by atoms with Crippen LogP contribution in [0.3, 0.4) is 0 Å². The van der Waals surface area contributed by atoms with E-state index < -0.39 is 5.97 Å². The van der Waals surface area contributed by atoms with Crippen molar-refractivity contribution in [3.05, 3.63) is 57.5 Å². The van der Waals surface area contributed by atoms with Gasteiger partial charge < -0.3 is 9.84 Å². The van der Waals surface area contributed by atoms with Crippen LogP contribution in [-0.4, -0.2) is 11.1 Å². The van der Waals surface area contributed by atoms with Crippen LogP contribution < -0.4 is 4.74 Å². The maximum absolute atomic E-state index is 13.1. The fraction of sp³-hybridized carbons (Fsp3) is 0.133. The molecule has 1 N–H and O–H groups in total. The molecule has 20 heavy (non-hydrogen) atoms. The molecule has 5 heteroatoms. The van der Waals surface area contributed by atoms with Gasteiger partial charge in [-0.3, -0.25) is 0 Å². The monoisotopic (exact) mass is 292 g/mol. The van der Waals surface area contributed by atoms with Crippen molar-refractivity contribution >= 4 is 23.4 Å². The molecule has 3 nitrogen and oxygen atoms in total. The van der Waals surface area contributed by atoms with Gasteiger partial charge in [-0.2, -0.15) is 0 Å². The van der Waals surface area contributed by atoms with Crippen molar-refractivity contribution in [2.75, 3.05) is 0 Å². The SMILES string of the molecule is Cc1ccc(F)cc1OCc1cc(/C=C/C(=O)O)cs1. The molecule has 104 valence electrons. The summed E-state index contributed by atoms with van der Waals surface area (Å²) in [5.74, 6) is -0.799. The maximum atomic E-state index is 13.1.